The highest BCUT2D eigenvalue weighted by molar-refractivity contribution is 7.89. The van der Waals surface area contributed by atoms with Gasteiger partial charge in [0.25, 0.3) is 0 Å². The van der Waals surface area contributed by atoms with Crippen LogP contribution in [0.2, 0.25) is 0 Å². The minimum atomic E-state index is -3.23. The van der Waals surface area contributed by atoms with Crippen molar-refractivity contribution in [3.05, 3.63) is 0 Å². The van der Waals surface area contributed by atoms with Crippen LogP contribution in [0.3, 0.4) is 0 Å². The molecule has 0 aromatic heterocycles. The molecule has 0 spiro atoms. The predicted octanol–water partition coefficient (Wildman–Crippen LogP) is 0.704. The second kappa shape index (κ2) is 12.5. The van der Waals surface area contributed by atoms with Crippen molar-refractivity contribution >= 4 is 16.0 Å². The van der Waals surface area contributed by atoms with Crippen LogP contribution in [0.1, 0.15) is 39.0 Å². The van der Waals surface area contributed by atoms with Gasteiger partial charge >= 0.3 is 0 Å². The average Bonchev–Trinajstić information content (AvgIpc) is 3.09. The van der Waals surface area contributed by atoms with Gasteiger partial charge in [-0.15, -0.1) is 0 Å². The molecule has 0 bridgehead atoms. The number of guanidine groups is 1. The molecule has 158 valence electrons. The van der Waals surface area contributed by atoms with Gasteiger partial charge in [-0.2, -0.15) is 0 Å². The summed E-state index contributed by atoms with van der Waals surface area (Å²) in [6.07, 6.45) is 5.42. The van der Waals surface area contributed by atoms with Gasteiger partial charge in [-0.25, -0.2) is 13.1 Å². The molecule has 0 aromatic carbocycles. The summed E-state index contributed by atoms with van der Waals surface area (Å²) < 4.78 is 37.7. The maximum Gasteiger partial charge on any atom is 0.213 e. The Bertz CT molecular complexity index is 531. The highest BCUT2D eigenvalue weighted by atomic mass is 32.2. The molecule has 2 aliphatic rings. The van der Waals surface area contributed by atoms with E-state index in [0.29, 0.717) is 44.0 Å². The smallest absolute Gasteiger partial charge is 0.213 e. The molecular formula is C18H36N4O4S. The van der Waals surface area contributed by atoms with Gasteiger partial charge in [-0.1, -0.05) is 6.42 Å². The fourth-order valence-electron chi connectivity index (χ4n) is 2.98. The summed E-state index contributed by atoms with van der Waals surface area (Å²) in [7, 11) is -3.23. The Morgan fingerprint density at radius 2 is 2.07 bits per heavy atom. The standard InChI is InChI=1S/C18H36N4O4S/c1-2-19-18(20-8-4-10-25-14-17-7-11-26-15-17)21-9-12-27(23,24)22-13-16-5-3-6-16/h16-17,22H,2-15H2,1H3,(H2,19,20,21). The lowest BCUT2D eigenvalue weighted by atomic mass is 9.86. The van der Waals surface area contributed by atoms with Crippen molar-refractivity contribution in [2.75, 3.05) is 58.4 Å². The lowest BCUT2D eigenvalue weighted by Gasteiger charge is -2.25. The van der Waals surface area contributed by atoms with Gasteiger partial charge in [0, 0.05) is 45.3 Å². The molecule has 1 saturated heterocycles. The first-order chi connectivity index (χ1) is 13.1. The number of ether oxygens (including phenoxy) is 2. The lowest BCUT2D eigenvalue weighted by molar-refractivity contribution is 0.0893. The molecule has 1 unspecified atom stereocenters. The summed E-state index contributed by atoms with van der Waals surface area (Å²) in [6.45, 7) is 7.37. The Labute approximate surface area is 163 Å². The molecule has 8 nitrogen and oxygen atoms in total. The number of rotatable bonds is 13. The molecule has 1 heterocycles. The molecule has 0 radical (unpaired) electrons. The van der Waals surface area contributed by atoms with Crippen molar-refractivity contribution in [1.29, 1.82) is 0 Å². The third-order valence-electron chi connectivity index (χ3n) is 4.92. The van der Waals surface area contributed by atoms with E-state index >= 15 is 0 Å². The van der Waals surface area contributed by atoms with Gasteiger partial charge in [0.05, 0.1) is 19.0 Å². The Kier molecular flexibility index (Phi) is 10.4. The summed E-state index contributed by atoms with van der Waals surface area (Å²) in [4.78, 5) is 4.47. The van der Waals surface area contributed by atoms with E-state index in [1.54, 1.807) is 0 Å². The Balaban J connectivity index is 1.56. The van der Waals surface area contributed by atoms with E-state index in [2.05, 4.69) is 20.3 Å². The molecule has 9 heteroatoms. The summed E-state index contributed by atoms with van der Waals surface area (Å²) in [5, 5.41) is 6.23. The van der Waals surface area contributed by atoms with Gasteiger partial charge < -0.3 is 20.1 Å². The van der Waals surface area contributed by atoms with Crippen molar-refractivity contribution in [2.45, 2.75) is 39.0 Å². The van der Waals surface area contributed by atoms with Crippen molar-refractivity contribution in [1.82, 2.24) is 15.4 Å². The van der Waals surface area contributed by atoms with E-state index in [-0.39, 0.29) is 5.75 Å². The van der Waals surface area contributed by atoms with Crippen molar-refractivity contribution in [3.63, 3.8) is 0 Å². The number of nitrogens with zero attached hydrogens (tertiary/aromatic N) is 1. The van der Waals surface area contributed by atoms with Crippen LogP contribution in [0.4, 0.5) is 0 Å². The van der Waals surface area contributed by atoms with Crippen molar-refractivity contribution in [2.24, 2.45) is 16.8 Å². The minimum Gasteiger partial charge on any atom is -0.381 e. The first-order valence-corrected chi connectivity index (χ1v) is 11.9. The Morgan fingerprint density at radius 1 is 1.22 bits per heavy atom. The molecule has 0 aromatic rings. The van der Waals surface area contributed by atoms with Gasteiger partial charge in [0.1, 0.15) is 0 Å². The molecule has 2 rings (SSSR count). The van der Waals surface area contributed by atoms with Crippen LogP contribution in [-0.2, 0) is 19.5 Å². The van der Waals surface area contributed by atoms with E-state index in [1.807, 2.05) is 6.92 Å². The third kappa shape index (κ3) is 9.73. The highest BCUT2D eigenvalue weighted by Gasteiger charge is 2.20. The van der Waals surface area contributed by atoms with Crippen LogP contribution in [0.25, 0.3) is 0 Å². The molecular weight excluding hydrogens is 368 g/mol. The number of nitrogens with one attached hydrogen (secondary N) is 3. The first kappa shape index (κ1) is 22.4. The normalized spacial score (nSPS) is 21.2. The molecule has 2 fully saturated rings. The predicted molar refractivity (Wildman–Crippen MR) is 107 cm³/mol. The second-order valence-corrected chi connectivity index (χ2v) is 9.24. The van der Waals surface area contributed by atoms with Crippen molar-refractivity contribution < 1.29 is 17.9 Å². The summed E-state index contributed by atoms with van der Waals surface area (Å²) in [5.74, 6) is 1.76. The fraction of sp³-hybridized carbons (Fsp3) is 0.944. The average molecular weight is 405 g/mol. The Hall–Kier alpha value is -0.900. The minimum absolute atomic E-state index is 0.0523. The second-order valence-electron chi connectivity index (χ2n) is 7.31. The van der Waals surface area contributed by atoms with Crippen LogP contribution >= 0.6 is 0 Å². The molecule has 27 heavy (non-hydrogen) atoms. The SMILES string of the molecule is CCNC(=NCCCOCC1CCOC1)NCCS(=O)(=O)NCC1CCC1. The summed E-state index contributed by atoms with van der Waals surface area (Å²) in [6, 6.07) is 0. The van der Waals surface area contributed by atoms with E-state index in [4.69, 9.17) is 9.47 Å². The van der Waals surface area contributed by atoms with E-state index in [1.165, 1.54) is 6.42 Å². The Morgan fingerprint density at radius 3 is 2.74 bits per heavy atom. The number of aliphatic imine (C=N–C) groups is 1. The zero-order valence-corrected chi connectivity index (χ0v) is 17.4. The molecule has 1 aliphatic carbocycles. The highest BCUT2D eigenvalue weighted by Crippen LogP contribution is 2.25. The fourth-order valence-corrected chi connectivity index (χ4v) is 3.99. The molecule has 1 saturated carbocycles. The third-order valence-corrected chi connectivity index (χ3v) is 6.27. The topological polar surface area (TPSA) is 101 Å². The van der Waals surface area contributed by atoms with Crippen LogP contribution in [0.15, 0.2) is 4.99 Å². The lowest BCUT2D eigenvalue weighted by Crippen LogP contribution is -2.42. The van der Waals surface area contributed by atoms with Crippen LogP contribution in [0, 0.1) is 11.8 Å². The van der Waals surface area contributed by atoms with Crippen LogP contribution < -0.4 is 15.4 Å². The van der Waals surface area contributed by atoms with Crippen LogP contribution in [-0.4, -0.2) is 72.7 Å². The largest absolute Gasteiger partial charge is 0.381 e. The first-order valence-electron chi connectivity index (χ1n) is 10.2. The maximum atomic E-state index is 12.0. The molecule has 1 atom stereocenters. The van der Waals surface area contributed by atoms with E-state index in [9.17, 15) is 8.42 Å². The number of sulfonamides is 1. The monoisotopic (exact) mass is 404 g/mol. The summed E-state index contributed by atoms with van der Waals surface area (Å²) in [5.41, 5.74) is 0. The van der Waals surface area contributed by atoms with Gasteiger partial charge in [0.2, 0.25) is 10.0 Å². The van der Waals surface area contributed by atoms with Gasteiger partial charge in [-0.05, 0) is 38.5 Å². The maximum absolute atomic E-state index is 12.0. The molecule has 0 amide bonds. The zero-order chi connectivity index (χ0) is 19.4. The quantitative estimate of drug-likeness (QED) is 0.237. The van der Waals surface area contributed by atoms with Crippen LogP contribution in [0.5, 0.6) is 0 Å². The van der Waals surface area contributed by atoms with E-state index in [0.717, 1.165) is 52.0 Å². The zero-order valence-electron chi connectivity index (χ0n) is 16.5. The number of hydrogen-bond donors (Lipinski definition) is 3. The summed E-state index contributed by atoms with van der Waals surface area (Å²) >= 11 is 0. The molecule has 1 aliphatic heterocycles. The van der Waals surface area contributed by atoms with Gasteiger partial charge in [-0.3, -0.25) is 4.99 Å². The van der Waals surface area contributed by atoms with E-state index < -0.39 is 10.0 Å². The van der Waals surface area contributed by atoms with Gasteiger partial charge in [0.15, 0.2) is 5.96 Å². The molecule has 3 N–H and O–H groups in total. The van der Waals surface area contributed by atoms with Crippen molar-refractivity contribution in [3.8, 4) is 0 Å². The number of hydrogen-bond acceptors (Lipinski definition) is 5.